The number of aliphatic hydroxyl groups excluding tert-OH is 1. The fourth-order valence-electron chi connectivity index (χ4n) is 4.71. The zero-order valence-corrected chi connectivity index (χ0v) is 28.2. The average Bonchev–Trinajstić information content (AvgIpc) is 3.01. The van der Waals surface area contributed by atoms with Crippen LogP contribution in [0.25, 0.3) is 0 Å². The van der Waals surface area contributed by atoms with E-state index in [0.717, 1.165) is 64.2 Å². The van der Waals surface area contributed by atoms with Crippen LogP contribution in [0.15, 0.2) is 60.8 Å². The van der Waals surface area contributed by atoms with Gasteiger partial charge in [0.15, 0.2) is 0 Å². The standard InChI is InChI=1S/C39H68O4/c1-3-5-7-9-11-13-15-17-18-19-20-21-23-25-27-29-31-33-35-42-37-38(36-40)43-39(41)34-32-30-28-26-24-22-16-14-12-10-8-6-4-2/h5,7,11,13,17-18,20-21,25,27,38,40H,3-4,6,8-10,12,14-16,19,22-24,26,28-37H2,1-2H3/b7-5-,13-11-,18-17-,21-20-,27-25-. The number of unbranched alkanes of at least 4 members (excludes halogenated alkanes) is 14. The van der Waals surface area contributed by atoms with Crippen LogP contribution >= 0.6 is 0 Å². The molecule has 0 aromatic heterocycles. The van der Waals surface area contributed by atoms with Gasteiger partial charge in [0.1, 0.15) is 6.10 Å². The van der Waals surface area contributed by atoms with Crippen molar-refractivity contribution in [2.24, 2.45) is 0 Å². The molecular weight excluding hydrogens is 532 g/mol. The summed E-state index contributed by atoms with van der Waals surface area (Å²) in [6, 6.07) is 0. The van der Waals surface area contributed by atoms with Crippen LogP contribution in [0.4, 0.5) is 0 Å². The summed E-state index contributed by atoms with van der Waals surface area (Å²) in [6.07, 6.45) is 46.9. The normalized spacial score (nSPS) is 13.1. The number of aliphatic hydroxyl groups is 1. The highest BCUT2D eigenvalue weighted by molar-refractivity contribution is 5.69. The first-order valence-electron chi connectivity index (χ1n) is 17.9. The molecule has 248 valence electrons. The van der Waals surface area contributed by atoms with E-state index in [4.69, 9.17) is 9.47 Å². The van der Waals surface area contributed by atoms with Crippen LogP contribution in [0.5, 0.6) is 0 Å². The average molecular weight is 601 g/mol. The lowest BCUT2D eigenvalue weighted by Crippen LogP contribution is -2.27. The lowest BCUT2D eigenvalue weighted by atomic mass is 10.0. The Morgan fingerprint density at radius 3 is 1.53 bits per heavy atom. The predicted octanol–water partition coefficient (Wildman–Crippen LogP) is 11.3. The van der Waals surface area contributed by atoms with E-state index in [0.29, 0.717) is 13.0 Å². The summed E-state index contributed by atoms with van der Waals surface area (Å²) >= 11 is 0. The number of rotatable bonds is 32. The molecule has 0 aromatic carbocycles. The molecular formula is C39H68O4. The van der Waals surface area contributed by atoms with Gasteiger partial charge in [-0.05, 0) is 57.8 Å². The second kappa shape index (κ2) is 36.3. The Kier molecular flexibility index (Phi) is 34.7. The summed E-state index contributed by atoms with van der Waals surface area (Å²) in [5, 5.41) is 9.54. The minimum atomic E-state index is -0.555. The Labute approximate surface area is 266 Å². The highest BCUT2D eigenvalue weighted by Crippen LogP contribution is 2.13. The Bertz CT molecular complexity index is 719. The fraction of sp³-hybridized carbons (Fsp3) is 0.718. The molecule has 0 aromatic rings. The van der Waals surface area contributed by atoms with Crippen LogP contribution in [0.2, 0.25) is 0 Å². The molecule has 4 heteroatoms. The first-order chi connectivity index (χ1) is 21.2. The van der Waals surface area contributed by atoms with Crippen molar-refractivity contribution >= 4 is 5.97 Å². The van der Waals surface area contributed by atoms with Gasteiger partial charge < -0.3 is 14.6 Å². The molecule has 0 saturated carbocycles. The van der Waals surface area contributed by atoms with Crippen molar-refractivity contribution in [2.75, 3.05) is 19.8 Å². The maximum Gasteiger partial charge on any atom is 0.306 e. The van der Waals surface area contributed by atoms with Crippen LogP contribution in [-0.4, -0.2) is 37.0 Å². The van der Waals surface area contributed by atoms with Gasteiger partial charge in [-0.2, -0.15) is 0 Å². The van der Waals surface area contributed by atoms with E-state index in [1.54, 1.807) is 0 Å². The van der Waals surface area contributed by atoms with E-state index in [1.165, 1.54) is 70.6 Å². The first kappa shape index (κ1) is 41.1. The molecule has 1 atom stereocenters. The van der Waals surface area contributed by atoms with E-state index < -0.39 is 6.10 Å². The van der Waals surface area contributed by atoms with Gasteiger partial charge in [0, 0.05) is 13.0 Å². The third-order valence-electron chi connectivity index (χ3n) is 7.36. The monoisotopic (exact) mass is 601 g/mol. The van der Waals surface area contributed by atoms with Crippen molar-refractivity contribution in [2.45, 2.75) is 161 Å². The van der Waals surface area contributed by atoms with Crippen molar-refractivity contribution in [1.82, 2.24) is 0 Å². The third kappa shape index (κ3) is 34.4. The number of hydrogen-bond acceptors (Lipinski definition) is 4. The van der Waals surface area contributed by atoms with Crippen molar-refractivity contribution in [3.63, 3.8) is 0 Å². The molecule has 0 saturated heterocycles. The van der Waals surface area contributed by atoms with Crippen LogP contribution in [0.1, 0.15) is 155 Å². The van der Waals surface area contributed by atoms with E-state index in [2.05, 4.69) is 74.6 Å². The second-order valence-corrected chi connectivity index (χ2v) is 11.6. The van der Waals surface area contributed by atoms with Crippen molar-refractivity contribution < 1.29 is 19.4 Å². The van der Waals surface area contributed by atoms with Gasteiger partial charge >= 0.3 is 5.97 Å². The van der Waals surface area contributed by atoms with Gasteiger partial charge in [-0.3, -0.25) is 4.79 Å². The van der Waals surface area contributed by atoms with Crippen LogP contribution in [0, 0.1) is 0 Å². The molecule has 0 spiro atoms. The Morgan fingerprint density at radius 1 is 0.581 bits per heavy atom. The van der Waals surface area contributed by atoms with Gasteiger partial charge in [0.05, 0.1) is 13.2 Å². The molecule has 0 amide bonds. The third-order valence-corrected chi connectivity index (χ3v) is 7.36. The Balaban J connectivity index is 3.56. The van der Waals surface area contributed by atoms with E-state index >= 15 is 0 Å². The van der Waals surface area contributed by atoms with Gasteiger partial charge in [-0.15, -0.1) is 0 Å². The number of allylic oxidation sites excluding steroid dienone is 10. The fourth-order valence-corrected chi connectivity index (χ4v) is 4.71. The number of carbonyl (C=O) groups is 1. The molecule has 0 bridgehead atoms. The topological polar surface area (TPSA) is 55.8 Å². The SMILES string of the molecule is CC/C=C\C/C=C\C/C=C\C/C=C\C/C=C\CCCCOCC(CO)OC(=O)CCCCCCCCCCCCCCC. The number of ether oxygens (including phenoxy) is 2. The number of hydrogen-bond donors (Lipinski definition) is 1. The molecule has 43 heavy (non-hydrogen) atoms. The zero-order chi connectivity index (χ0) is 31.3. The molecule has 0 aliphatic rings. The maximum absolute atomic E-state index is 12.1. The second-order valence-electron chi connectivity index (χ2n) is 11.6. The van der Waals surface area contributed by atoms with Gasteiger partial charge in [-0.1, -0.05) is 152 Å². The molecule has 0 heterocycles. The predicted molar refractivity (Wildman–Crippen MR) is 186 cm³/mol. The van der Waals surface area contributed by atoms with Gasteiger partial charge in [0.2, 0.25) is 0 Å². The summed E-state index contributed by atoms with van der Waals surface area (Å²) in [6.45, 7) is 5.12. The molecule has 0 fully saturated rings. The smallest absolute Gasteiger partial charge is 0.306 e. The summed E-state index contributed by atoms with van der Waals surface area (Å²) in [4.78, 5) is 12.1. The molecule has 0 rings (SSSR count). The summed E-state index contributed by atoms with van der Waals surface area (Å²) in [7, 11) is 0. The molecule has 1 unspecified atom stereocenters. The Hall–Kier alpha value is -1.91. The largest absolute Gasteiger partial charge is 0.457 e. The van der Waals surface area contributed by atoms with E-state index in [-0.39, 0.29) is 19.2 Å². The first-order valence-corrected chi connectivity index (χ1v) is 17.9. The van der Waals surface area contributed by atoms with Gasteiger partial charge in [-0.25, -0.2) is 0 Å². The van der Waals surface area contributed by atoms with E-state index in [1.807, 2.05) is 0 Å². The van der Waals surface area contributed by atoms with Crippen LogP contribution in [-0.2, 0) is 14.3 Å². The maximum atomic E-state index is 12.1. The highest BCUT2D eigenvalue weighted by atomic mass is 16.6. The minimum absolute atomic E-state index is 0.190. The molecule has 0 aliphatic heterocycles. The summed E-state index contributed by atoms with van der Waals surface area (Å²) < 4.78 is 11.1. The molecule has 0 aliphatic carbocycles. The molecule has 1 N–H and O–H groups in total. The van der Waals surface area contributed by atoms with Crippen LogP contribution in [0.3, 0.4) is 0 Å². The van der Waals surface area contributed by atoms with Crippen molar-refractivity contribution in [3.8, 4) is 0 Å². The number of carbonyl (C=O) groups excluding carboxylic acids is 1. The van der Waals surface area contributed by atoms with Crippen molar-refractivity contribution in [3.05, 3.63) is 60.8 Å². The summed E-state index contributed by atoms with van der Waals surface area (Å²) in [5.74, 6) is -0.218. The quantitative estimate of drug-likeness (QED) is 0.0474. The molecule has 4 nitrogen and oxygen atoms in total. The van der Waals surface area contributed by atoms with E-state index in [9.17, 15) is 9.90 Å². The molecule has 0 radical (unpaired) electrons. The van der Waals surface area contributed by atoms with Crippen molar-refractivity contribution in [1.29, 1.82) is 0 Å². The highest BCUT2D eigenvalue weighted by Gasteiger charge is 2.13. The summed E-state index contributed by atoms with van der Waals surface area (Å²) in [5.41, 5.74) is 0. The minimum Gasteiger partial charge on any atom is -0.457 e. The Morgan fingerprint density at radius 2 is 1.05 bits per heavy atom. The van der Waals surface area contributed by atoms with Crippen LogP contribution < -0.4 is 0 Å². The van der Waals surface area contributed by atoms with Gasteiger partial charge in [0.25, 0.3) is 0 Å². The zero-order valence-electron chi connectivity index (χ0n) is 28.2. The number of esters is 1. The lowest BCUT2D eigenvalue weighted by Gasteiger charge is -2.15. The lowest BCUT2D eigenvalue weighted by molar-refractivity contribution is -0.154.